The normalized spacial score (nSPS) is 18.0. The third-order valence-corrected chi connectivity index (χ3v) is 10.0. The number of likely N-dealkylation sites (tertiary alicyclic amines) is 1. The maximum atomic E-state index is 13.3. The van der Waals surface area contributed by atoms with Crippen molar-refractivity contribution >= 4 is 66.5 Å². The number of para-hydroxylation sites is 1. The summed E-state index contributed by atoms with van der Waals surface area (Å²) in [5.41, 5.74) is 8.27. The fourth-order valence-electron chi connectivity index (χ4n) is 5.08. The van der Waals surface area contributed by atoms with E-state index in [2.05, 4.69) is 15.6 Å². The van der Waals surface area contributed by atoms with Crippen molar-refractivity contribution in [1.29, 1.82) is 5.41 Å². The van der Waals surface area contributed by atoms with Gasteiger partial charge >= 0.3 is 0 Å². The average molecular weight is 595 g/mol. The van der Waals surface area contributed by atoms with E-state index < -0.39 is 51.4 Å². The van der Waals surface area contributed by atoms with Gasteiger partial charge in [0.2, 0.25) is 11.8 Å². The highest BCUT2D eigenvalue weighted by atomic mass is 32.2. The van der Waals surface area contributed by atoms with Crippen molar-refractivity contribution in [3.8, 4) is 0 Å². The highest BCUT2D eigenvalue weighted by Crippen LogP contribution is 2.27. The SMILES string of the molecule is C[C@@H](NC(=O)[C@@H]1C[C@@H](S(C)(=O)=O)CN1C(=O)CNC(=O)c1ccc2[nH]c3ccccc3c2c1)c1cc(C(=N)N)cs1. The summed E-state index contributed by atoms with van der Waals surface area (Å²) in [5.74, 6) is -1.60. The lowest BCUT2D eigenvalue weighted by Crippen LogP contribution is -2.49. The Morgan fingerprint density at radius 1 is 1.12 bits per heavy atom. The van der Waals surface area contributed by atoms with Crippen molar-refractivity contribution in [3.05, 3.63) is 69.9 Å². The van der Waals surface area contributed by atoms with Gasteiger partial charge in [0, 0.05) is 56.0 Å². The number of amides is 3. The van der Waals surface area contributed by atoms with Crippen LogP contribution in [0, 0.1) is 5.41 Å². The first kappa shape index (κ1) is 28.3. The number of nitrogens with two attached hydrogens (primary N) is 1. The summed E-state index contributed by atoms with van der Waals surface area (Å²) >= 11 is 1.33. The molecule has 1 aliphatic heterocycles. The summed E-state index contributed by atoms with van der Waals surface area (Å²) in [6, 6.07) is 13.2. The first-order valence-corrected chi connectivity index (χ1v) is 15.8. The molecule has 0 radical (unpaired) electrons. The van der Waals surface area contributed by atoms with Gasteiger partial charge in [-0.1, -0.05) is 18.2 Å². The molecule has 0 bridgehead atoms. The van der Waals surface area contributed by atoms with Gasteiger partial charge in [-0.2, -0.15) is 0 Å². The fourth-order valence-corrected chi connectivity index (χ4v) is 6.96. The van der Waals surface area contributed by atoms with Crippen LogP contribution < -0.4 is 16.4 Å². The molecule has 4 aromatic rings. The summed E-state index contributed by atoms with van der Waals surface area (Å²) in [5, 5.41) is 15.7. The third kappa shape index (κ3) is 5.81. The lowest BCUT2D eigenvalue weighted by molar-refractivity contribution is -0.137. The number of carbonyl (C=O) groups excluding carboxylic acids is 3. The summed E-state index contributed by atoms with van der Waals surface area (Å²) in [6.45, 7) is 1.22. The number of amidine groups is 1. The quantitative estimate of drug-likeness (QED) is 0.154. The van der Waals surface area contributed by atoms with Crippen LogP contribution in [0.3, 0.4) is 0 Å². The number of hydrogen-bond donors (Lipinski definition) is 5. The zero-order valence-corrected chi connectivity index (χ0v) is 24.1. The Hall–Kier alpha value is -4.23. The van der Waals surface area contributed by atoms with Crippen LogP contribution in [-0.2, 0) is 19.4 Å². The van der Waals surface area contributed by atoms with Crippen molar-refractivity contribution in [1.82, 2.24) is 20.5 Å². The molecular formula is C28H30N6O5S2. The fraction of sp³-hybridized carbons (Fsp3) is 0.286. The van der Waals surface area contributed by atoms with Crippen LogP contribution in [0.1, 0.15) is 40.2 Å². The number of benzene rings is 2. The molecule has 1 saturated heterocycles. The van der Waals surface area contributed by atoms with E-state index in [-0.39, 0.29) is 18.8 Å². The number of H-pyrrole nitrogens is 1. The van der Waals surface area contributed by atoms with Crippen molar-refractivity contribution in [2.75, 3.05) is 19.3 Å². The number of nitrogens with one attached hydrogen (secondary N) is 4. The molecule has 1 aliphatic rings. The van der Waals surface area contributed by atoms with Crippen LogP contribution in [0.2, 0.25) is 0 Å². The number of nitrogen functional groups attached to an aromatic ring is 1. The molecule has 0 spiro atoms. The third-order valence-electron chi connectivity index (χ3n) is 7.38. The first-order chi connectivity index (χ1) is 19.4. The number of hydrogen-bond acceptors (Lipinski definition) is 7. The molecular weight excluding hydrogens is 564 g/mol. The number of aromatic nitrogens is 1. The van der Waals surface area contributed by atoms with E-state index in [1.54, 1.807) is 36.6 Å². The second kappa shape index (κ2) is 11.0. The highest BCUT2D eigenvalue weighted by molar-refractivity contribution is 7.91. The Labute approximate surface area is 240 Å². The van der Waals surface area contributed by atoms with Crippen LogP contribution >= 0.6 is 11.3 Å². The highest BCUT2D eigenvalue weighted by Gasteiger charge is 2.43. The number of nitrogens with zero attached hydrogens (tertiary/aromatic N) is 1. The number of sulfone groups is 1. The Morgan fingerprint density at radius 3 is 2.56 bits per heavy atom. The smallest absolute Gasteiger partial charge is 0.251 e. The molecule has 6 N–H and O–H groups in total. The predicted octanol–water partition coefficient (Wildman–Crippen LogP) is 2.29. The molecule has 3 amide bonds. The van der Waals surface area contributed by atoms with Gasteiger partial charge in [-0.05, 0) is 43.7 Å². The molecule has 3 atom stereocenters. The van der Waals surface area contributed by atoms with Crippen molar-refractivity contribution in [3.63, 3.8) is 0 Å². The van der Waals surface area contributed by atoms with E-state index in [0.717, 1.165) is 32.9 Å². The summed E-state index contributed by atoms with van der Waals surface area (Å²) < 4.78 is 24.7. The number of thiophene rings is 1. The summed E-state index contributed by atoms with van der Waals surface area (Å²) in [4.78, 5) is 44.8. The van der Waals surface area contributed by atoms with Gasteiger partial charge in [-0.15, -0.1) is 11.3 Å². The van der Waals surface area contributed by atoms with Crippen LogP contribution in [0.25, 0.3) is 21.8 Å². The summed E-state index contributed by atoms with van der Waals surface area (Å²) in [7, 11) is -3.53. The largest absolute Gasteiger partial charge is 0.384 e. The van der Waals surface area contributed by atoms with Gasteiger partial charge in [0.15, 0.2) is 9.84 Å². The van der Waals surface area contributed by atoms with E-state index in [1.165, 1.54) is 16.2 Å². The topological polar surface area (TPSA) is 178 Å². The van der Waals surface area contributed by atoms with E-state index >= 15 is 0 Å². The maximum Gasteiger partial charge on any atom is 0.251 e. The summed E-state index contributed by atoms with van der Waals surface area (Å²) in [6.07, 6.45) is 1.04. The number of aromatic amines is 1. The first-order valence-electron chi connectivity index (χ1n) is 12.9. The minimum atomic E-state index is -3.53. The van der Waals surface area contributed by atoms with Gasteiger partial charge in [0.25, 0.3) is 5.91 Å². The second-order valence-electron chi connectivity index (χ2n) is 10.2. The van der Waals surface area contributed by atoms with Crippen LogP contribution in [0.5, 0.6) is 0 Å². The number of rotatable bonds is 8. The van der Waals surface area contributed by atoms with Gasteiger partial charge in [0.1, 0.15) is 11.9 Å². The van der Waals surface area contributed by atoms with Gasteiger partial charge < -0.3 is 26.3 Å². The van der Waals surface area contributed by atoms with E-state index in [1.807, 2.05) is 24.3 Å². The molecule has 13 heteroatoms. The molecule has 2 aromatic heterocycles. The minimum Gasteiger partial charge on any atom is -0.384 e. The Balaban J connectivity index is 1.28. The monoisotopic (exact) mass is 594 g/mol. The lowest BCUT2D eigenvalue weighted by atomic mass is 10.1. The van der Waals surface area contributed by atoms with E-state index in [4.69, 9.17) is 11.1 Å². The zero-order chi connectivity index (χ0) is 29.5. The van der Waals surface area contributed by atoms with Crippen molar-refractivity contribution in [2.45, 2.75) is 30.7 Å². The second-order valence-corrected chi connectivity index (χ2v) is 13.5. The van der Waals surface area contributed by atoms with Crippen molar-refractivity contribution in [2.24, 2.45) is 5.73 Å². The van der Waals surface area contributed by atoms with Crippen LogP contribution in [0.4, 0.5) is 0 Å². The number of fused-ring (bicyclic) bond motifs is 3. The lowest BCUT2D eigenvalue weighted by Gasteiger charge is -2.25. The zero-order valence-electron chi connectivity index (χ0n) is 22.4. The molecule has 214 valence electrons. The van der Waals surface area contributed by atoms with Gasteiger partial charge in [-0.25, -0.2) is 8.42 Å². The van der Waals surface area contributed by atoms with Crippen LogP contribution in [-0.4, -0.2) is 72.5 Å². The van der Waals surface area contributed by atoms with Gasteiger partial charge in [0.05, 0.1) is 17.8 Å². The Morgan fingerprint density at radius 2 is 1.85 bits per heavy atom. The average Bonchev–Trinajstić information content (AvgIpc) is 3.68. The molecule has 0 aliphatic carbocycles. The molecule has 41 heavy (non-hydrogen) atoms. The van der Waals surface area contributed by atoms with Gasteiger partial charge in [-0.3, -0.25) is 19.8 Å². The molecule has 1 fully saturated rings. The van der Waals surface area contributed by atoms with Crippen LogP contribution in [0.15, 0.2) is 53.9 Å². The molecule has 5 rings (SSSR count). The standard InChI is InChI=1S/C28H30N6O5S2/c1-15(24-10-17(14-40-24)26(29)30)32-28(37)23-11-18(41(2,38)39)13-34(23)25(35)12-31-27(36)16-7-8-22-20(9-16)19-5-3-4-6-21(19)33-22/h3-10,14-15,18,23,33H,11-13H2,1-2H3,(H3,29,30)(H,31,36)(H,32,37)/t15-,18-,23+/m1/s1. The number of carbonyl (C=O) groups is 3. The molecule has 0 saturated carbocycles. The Bertz CT molecular complexity index is 1790. The van der Waals surface area contributed by atoms with E-state index in [0.29, 0.717) is 11.1 Å². The predicted molar refractivity (Wildman–Crippen MR) is 159 cm³/mol. The molecule has 3 heterocycles. The molecule has 11 nitrogen and oxygen atoms in total. The Kier molecular flexibility index (Phi) is 7.58. The van der Waals surface area contributed by atoms with E-state index in [9.17, 15) is 22.8 Å². The van der Waals surface area contributed by atoms with Crippen molar-refractivity contribution < 1.29 is 22.8 Å². The molecule has 2 aromatic carbocycles. The maximum absolute atomic E-state index is 13.3. The minimum absolute atomic E-state index is 0.0442. The molecule has 0 unspecified atom stereocenters.